The van der Waals surface area contributed by atoms with E-state index in [4.69, 9.17) is 37.0 Å². The van der Waals surface area contributed by atoms with E-state index < -0.39 is 97.5 Å². The normalized spacial score (nSPS) is 14.2. The third-order valence-electron chi connectivity index (χ3n) is 16.4. The predicted molar refractivity (Wildman–Crippen MR) is 363 cm³/mol. The first-order valence-corrected chi connectivity index (χ1v) is 39.8. The molecule has 0 aromatic rings. The molecule has 0 spiro atoms. The fourth-order valence-electron chi connectivity index (χ4n) is 10.7. The number of aliphatic hydroxyl groups is 1. The zero-order valence-electron chi connectivity index (χ0n) is 58.6. The highest BCUT2D eigenvalue weighted by Gasteiger charge is 2.30. The van der Waals surface area contributed by atoms with Crippen LogP contribution in [0.25, 0.3) is 0 Å². The molecule has 0 aromatic heterocycles. The summed E-state index contributed by atoms with van der Waals surface area (Å²) in [5.41, 5.74) is 0. The van der Waals surface area contributed by atoms with Gasteiger partial charge >= 0.3 is 39.5 Å². The SMILES string of the molecule is CCCCCCCCCC(=O)OC[C@H](COP(=O)(O)OC[C@H](O)COP(=O)(O)OC[C@@H](COC(=O)CCCCCCCCCCCCCCCC(C)C)OC(=O)CCCCCCCCCCCCCCCCC(C)C)OC(=O)CCCCCCCCCC(C)C. The average molecular weight is 1330 g/mol. The van der Waals surface area contributed by atoms with Gasteiger partial charge < -0.3 is 33.8 Å². The molecule has 19 heteroatoms. The third kappa shape index (κ3) is 64.8. The minimum Gasteiger partial charge on any atom is -0.462 e. The summed E-state index contributed by atoms with van der Waals surface area (Å²) in [6.45, 7) is 11.8. The summed E-state index contributed by atoms with van der Waals surface area (Å²) in [4.78, 5) is 72.4. The Hall–Kier alpha value is -1.94. The number of esters is 4. The van der Waals surface area contributed by atoms with E-state index in [1.54, 1.807) is 0 Å². The minimum atomic E-state index is -4.95. The predicted octanol–water partition coefficient (Wildman–Crippen LogP) is 20.2. The van der Waals surface area contributed by atoms with Gasteiger partial charge in [-0.05, 0) is 43.4 Å². The lowest BCUT2D eigenvalue weighted by molar-refractivity contribution is -0.161. The Balaban J connectivity index is 5.20. The highest BCUT2D eigenvalue weighted by molar-refractivity contribution is 7.47. The number of aliphatic hydroxyl groups excluding tert-OH is 1. The Morgan fingerprint density at radius 1 is 0.300 bits per heavy atom. The Morgan fingerprint density at radius 3 is 0.756 bits per heavy atom. The van der Waals surface area contributed by atoms with Crippen LogP contribution in [0.3, 0.4) is 0 Å². The van der Waals surface area contributed by atoms with E-state index in [0.29, 0.717) is 31.6 Å². The number of hydrogen-bond donors (Lipinski definition) is 3. The number of carbonyl (C=O) groups excluding carboxylic acids is 4. The van der Waals surface area contributed by atoms with Crippen molar-refractivity contribution in [3.05, 3.63) is 0 Å². The van der Waals surface area contributed by atoms with Crippen LogP contribution in [0.4, 0.5) is 0 Å². The van der Waals surface area contributed by atoms with Crippen molar-refractivity contribution in [2.24, 2.45) is 17.8 Å². The molecule has 90 heavy (non-hydrogen) atoms. The molecule has 0 aromatic carbocycles. The van der Waals surface area contributed by atoms with Gasteiger partial charge in [0.05, 0.1) is 26.4 Å². The van der Waals surface area contributed by atoms with Gasteiger partial charge in [0.2, 0.25) is 0 Å². The Morgan fingerprint density at radius 2 is 0.511 bits per heavy atom. The first kappa shape index (κ1) is 88.1. The first-order valence-electron chi connectivity index (χ1n) is 36.8. The van der Waals surface area contributed by atoms with E-state index in [1.165, 1.54) is 154 Å². The molecule has 0 bridgehead atoms. The minimum absolute atomic E-state index is 0.103. The van der Waals surface area contributed by atoms with Crippen LogP contribution in [0.1, 0.15) is 357 Å². The average Bonchev–Trinajstić information content (AvgIpc) is 3.68. The summed E-state index contributed by atoms with van der Waals surface area (Å²) in [6, 6.07) is 0. The van der Waals surface area contributed by atoms with Crippen LogP contribution in [-0.2, 0) is 65.4 Å². The second kappa shape index (κ2) is 61.9. The van der Waals surface area contributed by atoms with E-state index in [1.807, 2.05) is 0 Å². The molecule has 0 saturated carbocycles. The van der Waals surface area contributed by atoms with Crippen molar-refractivity contribution in [2.75, 3.05) is 39.6 Å². The van der Waals surface area contributed by atoms with Crippen molar-refractivity contribution < 1.29 is 80.2 Å². The molecule has 0 saturated heterocycles. The second-order valence-corrected chi connectivity index (χ2v) is 30.0. The van der Waals surface area contributed by atoms with Crippen molar-refractivity contribution >= 4 is 39.5 Å². The van der Waals surface area contributed by atoms with E-state index >= 15 is 0 Å². The zero-order chi connectivity index (χ0) is 66.6. The van der Waals surface area contributed by atoms with Crippen molar-refractivity contribution in [3.8, 4) is 0 Å². The quantitative estimate of drug-likeness (QED) is 0.0222. The highest BCUT2D eigenvalue weighted by atomic mass is 31.2. The van der Waals surface area contributed by atoms with Crippen LogP contribution in [0.15, 0.2) is 0 Å². The molecular weight excluding hydrogens is 1190 g/mol. The van der Waals surface area contributed by atoms with Gasteiger partial charge in [-0.15, -0.1) is 0 Å². The van der Waals surface area contributed by atoms with Crippen LogP contribution in [-0.4, -0.2) is 96.7 Å². The first-order chi connectivity index (χ1) is 43.2. The number of phosphoric ester groups is 2. The Bertz CT molecular complexity index is 1770. The number of hydrogen-bond acceptors (Lipinski definition) is 15. The summed E-state index contributed by atoms with van der Waals surface area (Å²) in [7, 11) is -9.90. The standard InChI is InChI=1S/C71H138O17P2/c1-8-9-10-11-28-38-45-52-68(73)81-58-66(88-71(76)55-48-41-34-27-31-37-44-51-64(6)7)60-85-89(77,78)83-56-65(72)57-84-90(79,80)86-61-67(59-82-69(74)53-46-39-32-25-21-18-14-16-20-24-30-36-43-50-63(4)5)87-70(75)54-47-40-33-26-22-17-13-12-15-19-23-29-35-42-49-62(2)3/h62-67,72H,8-61H2,1-7H3,(H,77,78)(H,79,80)/t65-,66+,67+/m0/s1. The molecule has 17 nitrogen and oxygen atoms in total. The van der Waals surface area contributed by atoms with Crippen LogP contribution in [0.2, 0.25) is 0 Å². The summed E-state index contributed by atoms with van der Waals surface area (Å²) in [5, 5.41) is 10.6. The monoisotopic (exact) mass is 1320 g/mol. The van der Waals surface area contributed by atoms with Crippen molar-refractivity contribution in [2.45, 2.75) is 375 Å². The lowest BCUT2D eigenvalue weighted by Gasteiger charge is -2.21. The van der Waals surface area contributed by atoms with Crippen molar-refractivity contribution in [1.29, 1.82) is 0 Å². The lowest BCUT2D eigenvalue weighted by atomic mass is 10.0. The van der Waals surface area contributed by atoms with Gasteiger partial charge in [-0.1, -0.05) is 305 Å². The largest absolute Gasteiger partial charge is 0.472 e. The van der Waals surface area contributed by atoms with E-state index in [9.17, 15) is 43.2 Å². The maximum absolute atomic E-state index is 13.0. The van der Waals surface area contributed by atoms with Gasteiger partial charge in [-0.25, -0.2) is 9.13 Å². The van der Waals surface area contributed by atoms with E-state index in [0.717, 1.165) is 115 Å². The Labute approximate surface area is 549 Å². The van der Waals surface area contributed by atoms with Crippen LogP contribution >= 0.6 is 15.6 Å². The fourth-order valence-corrected chi connectivity index (χ4v) is 12.3. The molecule has 0 rings (SSSR count). The Kier molecular flexibility index (Phi) is 60.6. The molecule has 0 aliphatic rings. The number of rotatable bonds is 69. The summed E-state index contributed by atoms with van der Waals surface area (Å²) < 4.78 is 68.2. The fraction of sp³-hybridized carbons (Fsp3) is 0.944. The van der Waals surface area contributed by atoms with Crippen molar-refractivity contribution in [1.82, 2.24) is 0 Å². The molecule has 3 N–H and O–H groups in total. The maximum atomic E-state index is 13.0. The molecule has 0 amide bonds. The molecule has 0 radical (unpaired) electrons. The smallest absolute Gasteiger partial charge is 0.462 e. The highest BCUT2D eigenvalue weighted by Crippen LogP contribution is 2.45. The van der Waals surface area contributed by atoms with E-state index in [-0.39, 0.29) is 25.7 Å². The molecule has 0 aliphatic heterocycles. The van der Waals surface area contributed by atoms with Gasteiger partial charge in [-0.3, -0.25) is 37.3 Å². The zero-order valence-corrected chi connectivity index (χ0v) is 60.4. The summed E-state index contributed by atoms with van der Waals surface area (Å²) in [5.74, 6) is 0.151. The van der Waals surface area contributed by atoms with Gasteiger partial charge in [0.1, 0.15) is 19.3 Å². The molecule has 534 valence electrons. The molecule has 0 fully saturated rings. The number of carbonyl (C=O) groups is 4. The van der Waals surface area contributed by atoms with Gasteiger partial charge in [0.15, 0.2) is 12.2 Å². The summed E-state index contributed by atoms with van der Waals surface area (Å²) in [6.07, 6.45) is 46.1. The van der Waals surface area contributed by atoms with Crippen molar-refractivity contribution in [3.63, 3.8) is 0 Å². The van der Waals surface area contributed by atoms with E-state index in [2.05, 4.69) is 48.5 Å². The molecule has 2 unspecified atom stereocenters. The third-order valence-corrected chi connectivity index (χ3v) is 18.3. The van der Waals surface area contributed by atoms with Crippen LogP contribution < -0.4 is 0 Å². The van der Waals surface area contributed by atoms with Gasteiger partial charge in [-0.2, -0.15) is 0 Å². The van der Waals surface area contributed by atoms with Gasteiger partial charge in [0.25, 0.3) is 0 Å². The molecule has 0 aliphatic carbocycles. The summed E-state index contributed by atoms with van der Waals surface area (Å²) >= 11 is 0. The number of ether oxygens (including phenoxy) is 4. The number of phosphoric acid groups is 2. The van der Waals surface area contributed by atoms with Gasteiger partial charge in [0, 0.05) is 25.7 Å². The topological polar surface area (TPSA) is 237 Å². The van der Waals surface area contributed by atoms with Crippen LogP contribution in [0.5, 0.6) is 0 Å². The molecular formula is C71H138O17P2. The second-order valence-electron chi connectivity index (χ2n) is 27.1. The van der Waals surface area contributed by atoms with Crippen LogP contribution in [0, 0.1) is 17.8 Å². The molecule has 5 atom stereocenters. The lowest BCUT2D eigenvalue weighted by Crippen LogP contribution is -2.30. The number of unbranched alkanes of at least 4 members (excludes halogenated alkanes) is 37. The maximum Gasteiger partial charge on any atom is 0.472 e. The molecule has 0 heterocycles.